The van der Waals surface area contributed by atoms with Crippen LogP contribution < -0.4 is 10.5 Å². The van der Waals surface area contributed by atoms with E-state index < -0.39 is 41.7 Å². The number of aromatic nitrogens is 1. The Balaban J connectivity index is 3.54. The van der Waals surface area contributed by atoms with E-state index in [1.165, 1.54) is 0 Å². The number of nitrogens with two attached hydrogens (primary N) is 1. The van der Waals surface area contributed by atoms with Gasteiger partial charge < -0.3 is 10.5 Å². The number of nitrogens with zero attached hydrogens (tertiary/aromatic N) is 1. The Morgan fingerprint density at radius 3 is 2.00 bits per heavy atom. The second-order valence-corrected chi connectivity index (χ2v) is 3.15. The summed E-state index contributed by atoms with van der Waals surface area (Å²) in [5.41, 5.74) is 0.765. The zero-order valence-corrected chi connectivity index (χ0v) is 8.61. The van der Waals surface area contributed by atoms with Gasteiger partial charge in [-0.15, -0.1) is 13.2 Å². The van der Waals surface area contributed by atoms with E-state index in [4.69, 9.17) is 5.73 Å². The summed E-state index contributed by atoms with van der Waals surface area (Å²) < 4.78 is 101. The number of hydrogen-bond donors (Lipinski definition) is 1. The Bertz CT molecular complexity index is 467. The van der Waals surface area contributed by atoms with Crippen molar-refractivity contribution in [3.63, 3.8) is 0 Å². The van der Waals surface area contributed by atoms with Crippen molar-refractivity contribution >= 4 is 5.82 Å². The fourth-order valence-corrected chi connectivity index (χ4v) is 1.20. The second-order valence-electron chi connectivity index (χ2n) is 3.15. The fraction of sp³-hybridized carbons (Fsp3) is 0.375. The van der Waals surface area contributed by atoms with Gasteiger partial charge >= 0.3 is 12.5 Å². The summed E-state index contributed by atoms with van der Waals surface area (Å²) in [5.74, 6) is -3.29. The molecule has 0 aliphatic rings. The topological polar surface area (TPSA) is 48.1 Å². The molecule has 0 fully saturated rings. The fourth-order valence-electron chi connectivity index (χ4n) is 1.20. The van der Waals surface area contributed by atoms with Crippen LogP contribution in [-0.2, 0) is 6.18 Å². The van der Waals surface area contributed by atoms with Crippen molar-refractivity contribution in [3.05, 3.63) is 17.3 Å². The van der Waals surface area contributed by atoms with Gasteiger partial charge in [-0.25, -0.2) is 13.8 Å². The second kappa shape index (κ2) is 4.70. The number of pyridine rings is 1. The molecule has 108 valence electrons. The lowest BCUT2D eigenvalue weighted by Gasteiger charge is -2.19. The first-order valence-electron chi connectivity index (χ1n) is 4.33. The molecule has 0 radical (unpaired) electrons. The lowest BCUT2D eigenvalue weighted by molar-refractivity contribution is -0.276. The molecule has 2 N–H and O–H groups in total. The van der Waals surface area contributed by atoms with Gasteiger partial charge in [0.25, 0.3) is 6.43 Å². The van der Waals surface area contributed by atoms with Crippen LogP contribution in [0.1, 0.15) is 17.6 Å². The lowest BCUT2D eigenvalue weighted by Crippen LogP contribution is -2.23. The van der Waals surface area contributed by atoms with Crippen LogP contribution in [0.3, 0.4) is 0 Å². The van der Waals surface area contributed by atoms with Gasteiger partial charge in [-0.1, -0.05) is 0 Å². The summed E-state index contributed by atoms with van der Waals surface area (Å²) in [4.78, 5) is 2.83. The minimum absolute atomic E-state index is 0.0477. The standard InChI is InChI=1S/C8H4F8N2O/c9-5(10)2-1-18-6(17)4(19-8(14,15)16)3(2)7(11,12)13/h1,5H,(H2,17,18). The highest BCUT2D eigenvalue weighted by molar-refractivity contribution is 5.55. The molecule has 0 bridgehead atoms. The Kier molecular flexibility index (Phi) is 3.77. The van der Waals surface area contributed by atoms with E-state index in [1.807, 2.05) is 0 Å². The van der Waals surface area contributed by atoms with E-state index in [0.717, 1.165) is 0 Å². The Labute approximate surface area is 99.5 Å². The minimum atomic E-state index is -5.53. The number of ether oxygens (including phenoxy) is 1. The molecule has 19 heavy (non-hydrogen) atoms. The van der Waals surface area contributed by atoms with Gasteiger partial charge in [-0.3, -0.25) is 0 Å². The zero-order valence-electron chi connectivity index (χ0n) is 8.61. The third-order valence-electron chi connectivity index (χ3n) is 1.83. The SMILES string of the molecule is Nc1ncc(C(F)F)c(C(F)(F)F)c1OC(F)(F)F. The first kappa shape index (κ1) is 15.2. The maximum atomic E-state index is 12.6. The van der Waals surface area contributed by atoms with Crippen molar-refractivity contribution < 1.29 is 39.9 Å². The Hall–Kier alpha value is -1.81. The number of hydrogen-bond acceptors (Lipinski definition) is 3. The molecule has 0 aliphatic heterocycles. The molecule has 0 spiro atoms. The molecule has 0 amide bonds. The van der Waals surface area contributed by atoms with Crippen LogP contribution in [0.4, 0.5) is 40.9 Å². The number of rotatable bonds is 2. The van der Waals surface area contributed by atoms with Crippen LogP contribution in [0.25, 0.3) is 0 Å². The number of anilines is 1. The average Bonchev–Trinajstić information content (AvgIpc) is 2.16. The number of nitrogen functional groups attached to an aromatic ring is 1. The Morgan fingerprint density at radius 1 is 1.11 bits per heavy atom. The van der Waals surface area contributed by atoms with E-state index in [9.17, 15) is 35.1 Å². The number of halogens is 8. The first-order valence-corrected chi connectivity index (χ1v) is 4.33. The summed E-state index contributed by atoms with van der Waals surface area (Å²) in [6.07, 6.45) is -14.7. The van der Waals surface area contributed by atoms with E-state index in [1.54, 1.807) is 0 Å². The van der Waals surface area contributed by atoms with E-state index in [-0.39, 0.29) is 6.20 Å². The monoisotopic (exact) mass is 296 g/mol. The molecular weight excluding hydrogens is 292 g/mol. The van der Waals surface area contributed by atoms with Crippen molar-refractivity contribution in [3.8, 4) is 5.75 Å². The molecule has 0 saturated heterocycles. The lowest BCUT2D eigenvalue weighted by atomic mass is 10.1. The van der Waals surface area contributed by atoms with Gasteiger partial charge in [0.2, 0.25) is 0 Å². The smallest absolute Gasteiger partial charge is 0.401 e. The quantitative estimate of drug-likeness (QED) is 0.849. The average molecular weight is 296 g/mol. The normalized spacial score (nSPS) is 12.9. The van der Waals surface area contributed by atoms with Crippen LogP contribution >= 0.6 is 0 Å². The first-order chi connectivity index (χ1) is 8.43. The van der Waals surface area contributed by atoms with Gasteiger partial charge in [0.1, 0.15) is 5.56 Å². The largest absolute Gasteiger partial charge is 0.573 e. The van der Waals surface area contributed by atoms with Crippen LogP contribution in [-0.4, -0.2) is 11.3 Å². The predicted molar refractivity (Wildman–Crippen MR) is 45.3 cm³/mol. The summed E-state index contributed by atoms with van der Waals surface area (Å²) in [5, 5.41) is 0. The molecular formula is C8H4F8N2O. The molecule has 1 heterocycles. The van der Waals surface area contributed by atoms with Crippen LogP contribution in [0, 0.1) is 0 Å². The van der Waals surface area contributed by atoms with Gasteiger partial charge in [0.15, 0.2) is 11.6 Å². The molecule has 1 rings (SSSR count). The van der Waals surface area contributed by atoms with Gasteiger partial charge in [-0.2, -0.15) is 13.2 Å². The zero-order chi connectivity index (χ0) is 15.0. The molecule has 0 unspecified atom stereocenters. The van der Waals surface area contributed by atoms with E-state index in [2.05, 4.69) is 9.72 Å². The minimum Gasteiger partial charge on any atom is -0.401 e. The maximum absolute atomic E-state index is 12.6. The van der Waals surface area contributed by atoms with E-state index in [0.29, 0.717) is 0 Å². The molecule has 11 heteroatoms. The van der Waals surface area contributed by atoms with Gasteiger partial charge in [0, 0.05) is 6.20 Å². The molecule has 1 aromatic rings. The molecule has 0 atom stereocenters. The Morgan fingerprint density at radius 2 is 1.63 bits per heavy atom. The van der Waals surface area contributed by atoms with Crippen LogP contribution in [0.15, 0.2) is 6.20 Å². The third kappa shape index (κ3) is 3.58. The summed E-state index contributed by atoms with van der Waals surface area (Å²) in [6.45, 7) is 0. The molecule has 0 aliphatic carbocycles. The maximum Gasteiger partial charge on any atom is 0.573 e. The van der Waals surface area contributed by atoms with Crippen LogP contribution in [0.2, 0.25) is 0 Å². The molecule has 1 aromatic heterocycles. The summed E-state index contributed by atoms with van der Waals surface area (Å²) in [7, 11) is 0. The van der Waals surface area contributed by atoms with Crippen molar-refractivity contribution in [2.45, 2.75) is 19.0 Å². The van der Waals surface area contributed by atoms with Crippen molar-refractivity contribution in [1.29, 1.82) is 0 Å². The highest BCUT2D eigenvalue weighted by atomic mass is 19.4. The van der Waals surface area contributed by atoms with E-state index >= 15 is 0 Å². The molecule has 0 saturated carbocycles. The summed E-state index contributed by atoms with van der Waals surface area (Å²) in [6, 6.07) is 0. The third-order valence-corrected chi connectivity index (χ3v) is 1.83. The molecule has 3 nitrogen and oxygen atoms in total. The molecule has 0 aromatic carbocycles. The van der Waals surface area contributed by atoms with Gasteiger partial charge in [-0.05, 0) is 0 Å². The predicted octanol–water partition coefficient (Wildman–Crippen LogP) is 3.52. The number of alkyl halides is 8. The highest BCUT2D eigenvalue weighted by Gasteiger charge is 2.44. The van der Waals surface area contributed by atoms with Crippen molar-refractivity contribution in [1.82, 2.24) is 4.98 Å². The van der Waals surface area contributed by atoms with Crippen LogP contribution in [0.5, 0.6) is 5.75 Å². The van der Waals surface area contributed by atoms with Gasteiger partial charge in [0.05, 0.1) is 5.56 Å². The van der Waals surface area contributed by atoms with Crippen molar-refractivity contribution in [2.24, 2.45) is 0 Å². The van der Waals surface area contributed by atoms with Crippen molar-refractivity contribution in [2.75, 3.05) is 5.73 Å². The summed E-state index contributed by atoms with van der Waals surface area (Å²) >= 11 is 0. The highest BCUT2D eigenvalue weighted by Crippen LogP contribution is 2.45.